The molecule has 33 heteroatoms. The van der Waals surface area contributed by atoms with E-state index >= 15 is 0 Å². The van der Waals surface area contributed by atoms with Gasteiger partial charge in [-0.05, 0) is 86.7 Å². The lowest BCUT2D eigenvalue weighted by atomic mass is 10.0. The van der Waals surface area contributed by atoms with Crippen molar-refractivity contribution < 1.29 is 88.5 Å². The van der Waals surface area contributed by atoms with Gasteiger partial charge in [-0.25, -0.2) is 4.79 Å². The minimum absolute atomic E-state index is 0.0154. The molecule has 14 N–H and O–H groups in total. The standard InChI is InChI=1S/C52H80N14O18S/c1-30(2)33-24-52(33,49(84)60-36(29-67)44(77)59-34(47(80)81)5-3-13-55-50(53)54)61-45(78)35(23-40(69)70)58-39(68)25-56-46(79)37-6-4-14-66(37)51(85)57-32-10-7-31(8-11-32)9-12-38(48(82)83)65-21-19-63(27-42(73)74)17-15-62(26-41(71)72)16-18-64(20-22-65)28-43(75)76/h7-8,10-11,30,33-38,67H,3-6,9,12-29H2,1-2H3,(H,56,79)(H,57,85)(H,58,68)(H,59,77)(H,60,84)(H,61,78)(H,69,70)(H,71,72)(H,73,74)(H,75,76)(H,80,81)(H,82,83)(H4,53,54,55)/p-3/t33-,34-,35-,36-,37-,38?,52?/m0/s1. The van der Waals surface area contributed by atoms with Gasteiger partial charge in [0.1, 0.15) is 35.7 Å². The average Bonchev–Trinajstić information content (AvgIpc) is 1.77. The van der Waals surface area contributed by atoms with Crippen molar-refractivity contribution in [1.82, 2.24) is 51.1 Å². The summed E-state index contributed by atoms with van der Waals surface area (Å²) in [5.41, 5.74) is 10.1. The van der Waals surface area contributed by atoms with Crippen molar-refractivity contribution in [3.8, 4) is 0 Å². The smallest absolute Gasteiger partial charge is 0.326 e. The van der Waals surface area contributed by atoms with Crippen molar-refractivity contribution >= 4 is 94.3 Å². The van der Waals surface area contributed by atoms with Crippen LogP contribution in [0.3, 0.4) is 0 Å². The number of rotatable bonds is 31. The van der Waals surface area contributed by atoms with Crippen LogP contribution in [-0.2, 0) is 59.2 Å². The summed E-state index contributed by atoms with van der Waals surface area (Å²) in [6.45, 7) is 1.40. The number of likely N-dealkylation sites (tertiary alicyclic amines) is 1. The number of aliphatic imine (C=N–C) groups is 1. The first-order valence-electron chi connectivity index (χ1n) is 27.6. The Morgan fingerprint density at radius 2 is 1.29 bits per heavy atom. The second-order valence-electron chi connectivity index (χ2n) is 21.4. The maximum atomic E-state index is 13.8. The Balaban J connectivity index is 1.35. The van der Waals surface area contributed by atoms with Gasteiger partial charge in [0.25, 0.3) is 0 Å². The van der Waals surface area contributed by atoms with Gasteiger partial charge in [0, 0.05) is 90.8 Å². The second kappa shape index (κ2) is 33.6. The van der Waals surface area contributed by atoms with Crippen LogP contribution in [0.1, 0.15) is 64.4 Å². The summed E-state index contributed by atoms with van der Waals surface area (Å²) >= 11 is 5.68. The van der Waals surface area contributed by atoms with Crippen LogP contribution in [-0.4, -0.2) is 255 Å². The molecule has 4 rings (SSSR count). The number of thiocarbonyl (C=S) groups is 1. The molecule has 1 aromatic carbocycles. The topological polar surface area (TPSA) is 491 Å². The molecule has 1 aromatic rings. The van der Waals surface area contributed by atoms with Gasteiger partial charge in [-0.1, -0.05) is 26.0 Å². The Hall–Kier alpha value is -7.85. The van der Waals surface area contributed by atoms with E-state index in [1.807, 2.05) is 0 Å². The van der Waals surface area contributed by atoms with Gasteiger partial charge in [-0.3, -0.25) is 58.2 Å². The summed E-state index contributed by atoms with van der Waals surface area (Å²) in [4.78, 5) is 150. The number of benzene rings is 1. The number of nitrogens with two attached hydrogens (primary N) is 2. The van der Waals surface area contributed by atoms with E-state index in [1.54, 1.807) is 47.9 Å². The van der Waals surface area contributed by atoms with E-state index in [0.717, 1.165) is 5.56 Å². The lowest BCUT2D eigenvalue weighted by Gasteiger charge is -2.36. The van der Waals surface area contributed by atoms with Crippen LogP contribution in [0, 0.1) is 11.8 Å². The fraction of sp³-hybridized carbons (Fsp3) is 0.635. The molecule has 1 saturated carbocycles. The third-order valence-corrected chi connectivity index (χ3v) is 15.1. The van der Waals surface area contributed by atoms with Crippen molar-refractivity contribution in [3.05, 3.63) is 29.8 Å². The monoisotopic (exact) mass is 1220 g/mol. The molecule has 2 heterocycles. The second-order valence-corrected chi connectivity index (χ2v) is 21.7. The molecule has 0 bridgehead atoms. The van der Waals surface area contributed by atoms with Crippen molar-refractivity contribution in [1.29, 1.82) is 0 Å². The van der Waals surface area contributed by atoms with Crippen LogP contribution in [0.4, 0.5) is 5.69 Å². The molecule has 5 amide bonds. The third-order valence-electron chi connectivity index (χ3n) is 14.8. The van der Waals surface area contributed by atoms with Crippen molar-refractivity contribution in [2.75, 3.05) is 104 Å². The Bertz CT molecular complexity index is 2560. The summed E-state index contributed by atoms with van der Waals surface area (Å²) in [5.74, 6) is -13.9. The largest absolute Gasteiger partial charge is 0.549 e. The van der Waals surface area contributed by atoms with Gasteiger partial charge in [0.2, 0.25) is 29.5 Å². The number of anilines is 1. The molecular formula is C52H77N14O18S-3. The number of carboxylic acid groups (broad SMARTS) is 6. The summed E-state index contributed by atoms with van der Waals surface area (Å²) in [7, 11) is 0. The molecule has 0 spiro atoms. The zero-order valence-corrected chi connectivity index (χ0v) is 48.2. The molecule has 3 aliphatic rings. The van der Waals surface area contributed by atoms with Crippen molar-refractivity contribution in [3.63, 3.8) is 0 Å². The highest BCUT2D eigenvalue weighted by molar-refractivity contribution is 7.80. The Morgan fingerprint density at radius 3 is 1.78 bits per heavy atom. The van der Waals surface area contributed by atoms with Gasteiger partial charge < -0.3 is 98.4 Å². The molecule has 0 aromatic heterocycles. The summed E-state index contributed by atoms with van der Waals surface area (Å²) in [6, 6.07) is 0.0289. The van der Waals surface area contributed by atoms with Crippen molar-refractivity contribution in [2.45, 2.75) is 101 Å². The number of aliphatic hydroxyl groups excluding tert-OH is 1. The van der Waals surface area contributed by atoms with Crippen LogP contribution in [0.15, 0.2) is 29.3 Å². The molecule has 2 unspecified atom stereocenters. The Labute approximate surface area is 495 Å². The van der Waals surface area contributed by atoms with E-state index in [4.69, 9.17) is 23.7 Å². The number of hydrogen-bond donors (Lipinski definition) is 12. The fourth-order valence-electron chi connectivity index (χ4n) is 10.2. The quantitative estimate of drug-likeness (QED) is 0.0142. The predicted molar refractivity (Wildman–Crippen MR) is 298 cm³/mol. The van der Waals surface area contributed by atoms with E-state index in [9.17, 15) is 88.5 Å². The molecular weight excluding hydrogens is 1140 g/mol. The number of aliphatic carboxylic acids is 6. The maximum absolute atomic E-state index is 13.8. The number of nitrogens with zero attached hydrogens (tertiary/aromatic N) is 6. The zero-order valence-electron chi connectivity index (χ0n) is 47.4. The molecule has 7 atom stereocenters. The number of guanidine groups is 1. The Kier molecular flexibility index (Phi) is 27.5. The average molecular weight is 1220 g/mol. The summed E-state index contributed by atoms with van der Waals surface area (Å²) in [5, 5.41) is 89.7. The number of carboxylic acids is 6. The number of carbonyl (C=O) groups excluding carboxylic acids is 8. The first-order chi connectivity index (χ1) is 40.1. The van der Waals surface area contributed by atoms with Gasteiger partial charge in [-0.15, -0.1) is 0 Å². The number of aliphatic hydroxyl groups is 1. The Morgan fingerprint density at radius 1 is 0.729 bits per heavy atom. The summed E-state index contributed by atoms with van der Waals surface area (Å²) < 4.78 is 0. The SMILES string of the molecule is CC(C)[C@@H]1CC1(NC(=O)[C@H](CC(=O)O)NC(=O)CNC(=O)[C@@H]1CCCN1C(=S)Nc1ccc(CCC(C(=O)O)N2CCN(CC(=O)[O-])CCN(CC(=O)[O-])CCN(CC(=O)[O-])CC2)cc1)C(=O)N[C@@H](CO)C(=O)N[C@@H](CCCN=C(N)N)C(=O)O. The van der Waals surface area contributed by atoms with Gasteiger partial charge >= 0.3 is 17.9 Å². The van der Waals surface area contributed by atoms with Gasteiger partial charge in [0.15, 0.2) is 11.1 Å². The minimum atomic E-state index is -1.76. The number of carbonyl (C=O) groups is 11. The minimum Gasteiger partial charge on any atom is -0.549 e. The normalized spacial score (nSPS) is 20.4. The third kappa shape index (κ3) is 22.9. The summed E-state index contributed by atoms with van der Waals surface area (Å²) in [6.07, 6.45) is 0.327. The van der Waals surface area contributed by atoms with Crippen LogP contribution < -0.4 is 58.7 Å². The maximum Gasteiger partial charge on any atom is 0.326 e. The van der Waals surface area contributed by atoms with Gasteiger partial charge in [0.05, 0.1) is 37.5 Å². The van der Waals surface area contributed by atoms with E-state index in [2.05, 4.69) is 36.9 Å². The number of aryl methyl sites for hydroxylation is 1. The van der Waals surface area contributed by atoms with Gasteiger partial charge in [-0.2, -0.15) is 0 Å². The van der Waals surface area contributed by atoms with Crippen LogP contribution in [0.25, 0.3) is 0 Å². The molecule has 1 aliphatic carbocycles. The molecule has 472 valence electrons. The van der Waals surface area contributed by atoms with E-state index in [-0.39, 0.29) is 108 Å². The molecule has 0 radical (unpaired) electrons. The van der Waals surface area contributed by atoms with E-state index < -0.39 is 146 Å². The molecule has 2 saturated heterocycles. The fourth-order valence-corrected chi connectivity index (χ4v) is 10.5. The van der Waals surface area contributed by atoms with Crippen LogP contribution >= 0.6 is 12.2 Å². The predicted octanol–water partition coefficient (Wildman–Crippen LogP) is -8.59. The molecule has 2 aliphatic heterocycles. The number of hydrogen-bond acceptors (Lipinski definition) is 21. The highest BCUT2D eigenvalue weighted by atomic mass is 32.1. The lowest BCUT2D eigenvalue weighted by Crippen LogP contribution is -2.61. The lowest BCUT2D eigenvalue weighted by molar-refractivity contribution is -0.308. The highest BCUT2D eigenvalue weighted by Crippen LogP contribution is 2.49. The highest BCUT2D eigenvalue weighted by Gasteiger charge is 2.62. The zero-order chi connectivity index (χ0) is 63.1. The molecule has 85 heavy (non-hydrogen) atoms. The molecule has 3 fully saturated rings. The number of amides is 5. The van der Waals surface area contributed by atoms with E-state index in [1.165, 1.54) is 14.7 Å². The van der Waals surface area contributed by atoms with Crippen LogP contribution in [0.2, 0.25) is 0 Å². The first kappa shape index (κ1) is 69.6. The molecule has 32 nitrogen and oxygen atoms in total. The van der Waals surface area contributed by atoms with Crippen LogP contribution in [0.5, 0.6) is 0 Å². The first-order valence-corrected chi connectivity index (χ1v) is 28.0. The van der Waals surface area contributed by atoms with Crippen molar-refractivity contribution in [2.24, 2.45) is 28.3 Å². The number of nitrogens with one attached hydrogen (secondary N) is 6. The van der Waals surface area contributed by atoms with E-state index in [0.29, 0.717) is 25.1 Å².